The third kappa shape index (κ3) is 5.93. The molecule has 8 nitrogen and oxygen atoms in total. The molecule has 1 aromatic carbocycles. The molecule has 1 aromatic heterocycles. The van der Waals surface area contributed by atoms with E-state index in [2.05, 4.69) is 15.1 Å². The SMILES string of the molecule is CCCN(CC(=O)N1CCCN(c2ccc(-c3ccc(OC)cc3)nn2)CC1)C(C)=O. The van der Waals surface area contributed by atoms with Crippen molar-refractivity contribution in [3.63, 3.8) is 0 Å². The van der Waals surface area contributed by atoms with E-state index in [1.54, 1.807) is 12.0 Å². The Bertz CT molecular complexity index is 870. The van der Waals surface area contributed by atoms with Crippen LogP contribution >= 0.6 is 0 Å². The number of benzene rings is 1. The molecule has 2 amide bonds. The predicted molar refractivity (Wildman–Crippen MR) is 120 cm³/mol. The Balaban J connectivity index is 1.59. The number of anilines is 1. The molecule has 166 valence electrons. The van der Waals surface area contributed by atoms with Gasteiger partial charge in [-0.15, -0.1) is 10.2 Å². The van der Waals surface area contributed by atoms with E-state index in [9.17, 15) is 9.59 Å². The van der Waals surface area contributed by atoms with Crippen LogP contribution in [0.15, 0.2) is 36.4 Å². The number of carbonyl (C=O) groups is 2. The highest BCUT2D eigenvalue weighted by atomic mass is 16.5. The summed E-state index contributed by atoms with van der Waals surface area (Å²) in [5.74, 6) is 1.56. The monoisotopic (exact) mass is 425 g/mol. The van der Waals surface area contributed by atoms with Gasteiger partial charge in [0, 0.05) is 45.2 Å². The topological polar surface area (TPSA) is 78.9 Å². The molecule has 0 spiro atoms. The molecule has 2 aromatic rings. The Kier molecular flexibility index (Phi) is 7.81. The Labute approximate surface area is 183 Å². The van der Waals surface area contributed by atoms with Gasteiger partial charge in [-0.1, -0.05) is 6.92 Å². The third-order valence-corrected chi connectivity index (χ3v) is 5.47. The molecule has 0 radical (unpaired) electrons. The van der Waals surface area contributed by atoms with Crippen molar-refractivity contribution in [2.24, 2.45) is 0 Å². The van der Waals surface area contributed by atoms with Gasteiger partial charge in [0.1, 0.15) is 5.75 Å². The van der Waals surface area contributed by atoms with Gasteiger partial charge in [-0.25, -0.2) is 0 Å². The molecule has 0 N–H and O–H groups in total. The predicted octanol–water partition coefficient (Wildman–Crippen LogP) is 2.45. The molecule has 1 fully saturated rings. The second-order valence-electron chi connectivity index (χ2n) is 7.67. The summed E-state index contributed by atoms with van der Waals surface area (Å²) in [4.78, 5) is 30.1. The van der Waals surface area contributed by atoms with Crippen molar-refractivity contribution in [2.45, 2.75) is 26.7 Å². The van der Waals surface area contributed by atoms with Gasteiger partial charge < -0.3 is 19.4 Å². The molecule has 1 aliphatic heterocycles. The fourth-order valence-electron chi connectivity index (χ4n) is 3.69. The quantitative estimate of drug-likeness (QED) is 0.678. The number of rotatable bonds is 7. The highest BCUT2D eigenvalue weighted by Crippen LogP contribution is 2.22. The maximum absolute atomic E-state index is 12.7. The number of carbonyl (C=O) groups excluding carboxylic acids is 2. The molecule has 2 heterocycles. The normalized spacial score (nSPS) is 14.2. The number of nitrogens with zero attached hydrogens (tertiary/aromatic N) is 5. The minimum absolute atomic E-state index is 0.00596. The van der Waals surface area contributed by atoms with E-state index in [1.807, 2.05) is 48.2 Å². The summed E-state index contributed by atoms with van der Waals surface area (Å²) in [5.41, 5.74) is 1.79. The van der Waals surface area contributed by atoms with Crippen molar-refractivity contribution in [1.29, 1.82) is 0 Å². The lowest BCUT2D eigenvalue weighted by atomic mass is 10.1. The van der Waals surface area contributed by atoms with Gasteiger partial charge in [-0.3, -0.25) is 9.59 Å². The summed E-state index contributed by atoms with van der Waals surface area (Å²) in [5, 5.41) is 8.80. The Morgan fingerprint density at radius 1 is 1.03 bits per heavy atom. The molecule has 0 unspecified atom stereocenters. The first-order chi connectivity index (χ1) is 15.0. The Morgan fingerprint density at radius 2 is 1.81 bits per heavy atom. The zero-order valence-corrected chi connectivity index (χ0v) is 18.6. The van der Waals surface area contributed by atoms with Crippen molar-refractivity contribution in [3.8, 4) is 17.0 Å². The fraction of sp³-hybridized carbons (Fsp3) is 0.478. The van der Waals surface area contributed by atoms with Crippen LogP contribution in [0.1, 0.15) is 26.7 Å². The zero-order chi connectivity index (χ0) is 22.2. The van der Waals surface area contributed by atoms with Crippen LogP contribution in [-0.4, -0.2) is 78.2 Å². The molecule has 3 rings (SSSR count). The van der Waals surface area contributed by atoms with Crippen LogP contribution in [0, 0.1) is 0 Å². The van der Waals surface area contributed by atoms with Crippen LogP contribution in [0.2, 0.25) is 0 Å². The van der Waals surface area contributed by atoms with Gasteiger partial charge >= 0.3 is 0 Å². The Morgan fingerprint density at radius 3 is 2.42 bits per heavy atom. The van der Waals surface area contributed by atoms with E-state index in [0.717, 1.165) is 42.2 Å². The van der Waals surface area contributed by atoms with E-state index in [1.165, 1.54) is 6.92 Å². The summed E-state index contributed by atoms with van der Waals surface area (Å²) in [6, 6.07) is 11.7. The van der Waals surface area contributed by atoms with E-state index in [4.69, 9.17) is 4.74 Å². The Hall–Kier alpha value is -3.16. The lowest BCUT2D eigenvalue weighted by Crippen LogP contribution is -2.43. The maximum Gasteiger partial charge on any atom is 0.242 e. The molecule has 0 aliphatic carbocycles. The van der Waals surface area contributed by atoms with Gasteiger partial charge in [0.05, 0.1) is 19.3 Å². The van der Waals surface area contributed by atoms with Gasteiger partial charge in [-0.05, 0) is 49.2 Å². The minimum atomic E-state index is -0.0566. The van der Waals surface area contributed by atoms with E-state index < -0.39 is 0 Å². The molecular formula is C23H31N5O3. The first-order valence-electron chi connectivity index (χ1n) is 10.8. The van der Waals surface area contributed by atoms with Crippen LogP contribution in [0.25, 0.3) is 11.3 Å². The number of ether oxygens (including phenoxy) is 1. The number of aromatic nitrogens is 2. The van der Waals surface area contributed by atoms with E-state index in [0.29, 0.717) is 26.2 Å². The van der Waals surface area contributed by atoms with Crippen LogP contribution in [0.4, 0.5) is 5.82 Å². The lowest BCUT2D eigenvalue weighted by molar-refractivity contribution is -0.139. The summed E-state index contributed by atoms with van der Waals surface area (Å²) < 4.78 is 5.20. The lowest BCUT2D eigenvalue weighted by Gasteiger charge is -2.26. The average molecular weight is 426 g/mol. The standard InChI is InChI=1S/C23H31N5O3/c1-4-12-28(18(2)29)17-23(30)27-14-5-13-26(15-16-27)22-11-10-21(24-25-22)19-6-8-20(31-3)9-7-19/h6-11H,4-5,12-17H2,1-3H3. The minimum Gasteiger partial charge on any atom is -0.497 e. The first kappa shape index (κ1) is 22.5. The molecule has 31 heavy (non-hydrogen) atoms. The van der Waals surface area contributed by atoms with Crippen molar-refractivity contribution in [3.05, 3.63) is 36.4 Å². The van der Waals surface area contributed by atoms with E-state index in [-0.39, 0.29) is 18.4 Å². The van der Waals surface area contributed by atoms with E-state index >= 15 is 0 Å². The van der Waals surface area contributed by atoms with Crippen molar-refractivity contribution in [2.75, 3.05) is 51.3 Å². The van der Waals surface area contributed by atoms with Gasteiger partial charge in [0.25, 0.3) is 0 Å². The number of hydrogen-bond acceptors (Lipinski definition) is 6. The molecule has 1 saturated heterocycles. The number of hydrogen-bond donors (Lipinski definition) is 0. The summed E-state index contributed by atoms with van der Waals surface area (Å²) >= 11 is 0. The molecule has 0 saturated carbocycles. The second kappa shape index (κ2) is 10.7. The number of amides is 2. The summed E-state index contributed by atoms with van der Waals surface area (Å²) in [6.45, 7) is 7.08. The van der Waals surface area contributed by atoms with Crippen molar-refractivity contribution >= 4 is 17.6 Å². The van der Waals surface area contributed by atoms with Gasteiger partial charge in [0.2, 0.25) is 11.8 Å². The number of methoxy groups -OCH3 is 1. The maximum atomic E-state index is 12.7. The first-order valence-corrected chi connectivity index (χ1v) is 10.8. The highest BCUT2D eigenvalue weighted by molar-refractivity contribution is 5.84. The van der Waals surface area contributed by atoms with Crippen LogP contribution in [0.3, 0.4) is 0 Å². The van der Waals surface area contributed by atoms with Crippen molar-refractivity contribution in [1.82, 2.24) is 20.0 Å². The molecule has 8 heteroatoms. The van der Waals surface area contributed by atoms with Crippen molar-refractivity contribution < 1.29 is 14.3 Å². The third-order valence-electron chi connectivity index (χ3n) is 5.47. The average Bonchev–Trinajstić information content (AvgIpc) is 3.05. The highest BCUT2D eigenvalue weighted by Gasteiger charge is 2.22. The molecule has 0 atom stereocenters. The summed E-state index contributed by atoms with van der Waals surface area (Å²) in [7, 11) is 1.64. The molecule has 0 bridgehead atoms. The van der Waals surface area contributed by atoms with Gasteiger partial charge in [0.15, 0.2) is 5.82 Å². The van der Waals surface area contributed by atoms with Crippen LogP contribution in [0.5, 0.6) is 5.75 Å². The van der Waals surface area contributed by atoms with Crippen LogP contribution < -0.4 is 9.64 Å². The smallest absolute Gasteiger partial charge is 0.242 e. The second-order valence-corrected chi connectivity index (χ2v) is 7.67. The zero-order valence-electron chi connectivity index (χ0n) is 18.6. The molecular weight excluding hydrogens is 394 g/mol. The van der Waals surface area contributed by atoms with Gasteiger partial charge in [-0.2, -0.15) is 0 Å². The molecule has 1 aliphatic rings. The fourth-order valence-corrected chi connectivity index (χ4v) is 3.69. The summed E-state index contributed by atoms with van der Waals surface area (Å²) in [6.07, 6.45) is 1.69. The van der Waals surface area contributed by atoms with Crippen LogP contribution in [-0.2, 0) is 9.59 Å². The largest absolute Gasteiger partial charge is 0.497 e.